The van der Waals surface area contributed by atoms with Gasteiger partial charge in [-0.3, -0.25) is 0 Å². The first kappa shape index (κ1) is 17.6. The maximum atomic E-state index is 5.30. The van der Waals surface area contributed by atoms with Crippen LogP contribution in [0.3, 0.4) is 0 Å². The number of benzene rings is 3. The Bertz CT molecular complexity index is 1350. The van der Waals surface area contributed by atoms with Gasteiger partial charge in [0.15, 0.2) is 0 Å². The van der Waals surface area contributed by atoms with Crippen LogP contribution in [0.15, 0.2) is 83.0 Å². The maximum Gasteiger partial charge on any atom is 0.231 e. The quantitative estimate of drug-likeness (QED) is 0.310. The number of para-hydroxylation sites is 1. The molecule has 3 aromatic carbocycles. The van der Waals surface area contributed by atoms with Crippen LogP contribution in [-0.2, 0) is 7.05 Å². The molecule has 6 heteroatoms. The van der Waals surface area contributed by atoms with Crippen molar-refractivity contribution in [3.8, 4) is 17.0 Å². The fourth-order valence-electron chi connectivity index (χ4n) is 3.56. The summed E-state index contributed by atoms with van der Waals surface area (Å²) < 4.78 is 8.49. The lowest BCUT2D eigenvalue weighted by Gasteiger charge is -2.05. The molecule has 0 fully saturated rings. The van der Waals surface area contributed by atoms with Gasteiger partial charge in [0.25, 0.3) is 0 Å². The first-order valence-corrected chi connectivity index (χ1v) is 10.1. The largest absolute Gasteiger partial charge is 0.497 e. The zero-order valence-corrected chi connectivity index (χ0v) is 16.9. The van der Waals surface area contributed by atoms with E-state index >= 15 is 0 Å². The summed E-state index contributed by atoms with van der Waals surface area (Å²) in [4.78, 5) is 4.59. The van der Waals surface area contributed by atoms with Crippen LogP contribution in [0.2, 0.25) is 0 Å². The van der Waals surface area contributed by atoms with E-state index in [-0.39, 0.29) is 0 Å². The van der Waals surface area contributed by atoms with E-state index in [2.05, 4.69) is 51.1 Å². The second-order valence-corrected chi connectivity index (χ2v) is 7.68. The third kappa shape index (κ3) is 3.07. The van der Waals surface area contributed by atoms with E-state index in [0.29, 0.717) is 5.13 Å². The molecule has 0 saturated heterocycles. The van der Waals surface area contributed by atoms with Crippen molar-refractivity contribution in [2.75, 3.05) is 7.11 Å². The van der Waals surface area contributed by atoms with Gasteiger partial charge >= 0.3 is 0 Å². The topological polar surface area (TPSA) is 51.8 Å². The van der Waals surface area contributed by atoms with Crippen LogP contribution in [0.5, 0.6) is 5.75 Å². The Kier molecular flexibility index (Phi) is 4.33. The van der Waals surface area contributed by atoms with Crippen LogP contribution < -0.4 is 4.74 Å². The maximum absolute atomic E-state index is 5.30. The van der Waals surface area contributed by atoms with Gasteiger partial charge in [0.05, 0.1) is 28.5 Å². The first-order chi connectivity index (χ1) is 14.2. The number of aromatic nitrogens is 2. The summed E-state index contributed by atoms with van der Waals surface area (Å²) in [5.74, 6) is 0.810. The highest BCUT2D eigenvalue weighted by Crippen LogP contribution is 2.41. The molecule has 0 aliphatic heterocycles. The Labute approximate surface area is 171 Å². The average molecular weight is 398 g/mol. The third-order valence-electron chi connectivity index (χ3n) is 4.95. The van der Waals surface area contributed by atoms with Crippen LogP contribution >= 0.6 is 11.3 Å². The molecule has 0 saturated carbocycles. The molecule has 29 heavy (non-hydrogen) atoms. The lowest BCUT2D eigenvalue weighted by molar-refractivity contribution is 0.415. The molecular weight excluding hydrogens is 380 g/mol. The summed E-state index contributed by atoms with van der Waals surface area (Å²) in [5, 5.41) is 10.9. The number of ether oxygens (including phenoxy) is 1. The SMILES string of the molecule is COc1ccc2nc(N=Nc3c(-c4ccccc4)n(C)c4ccccc34)sc2c1. The van der Waals surface area contributed by atoms with E-state index in [9.17, 15) is 0 Å². The van der Waals surface area contributed by atoms with E-state index in [4.69, 9.17) is 4.74 Å². The zero-order chi connectivity index (χ0) is 19.8. The van der Waals surface area contributed by atoms with E-state index < -0.39 is 0 Å². The molecule has 0 spiro atoms. The molecule has 0 radical (unpaired) electrons. The number of azo groups is 1. The fourth-order valence-corrected chi connectivity index (χ4v) is 4.37. The summed E-state index contributed by atoms with van der Waals surface area (Å²) in [7, 11) is 3.72. The van der Waals surface area contributed by atoms with Crippen molar-refractivity contribution >= 4 is 43.3 Å². The predicted molar refractivity (Wildman–Crippen MR) is 119 cm³/mol. The van der Waals surface area contributed by atoms with Crippen molar-refractivity contribution < 1.29 is 4.74 Å². The molecule has 5 aromatic rings. The Balaban J connectivity index is 1.65. The fraction of sp³-hybridized carbons (Fsp3) is 0.0870. The van der Waals surface area contributed by atoms with Crippen LogP contribution in [0.25, 0.3) is 32.4 Å². The predicted octanol–water partition coefficient (Wildman–Crippen LogP) is 6.88. The highest BCUT2D eigenvalue weighted by molar-refractivity contribution is 7.21. The first-order valence-electron chi connectivity index (χ1n) is 9.24. The molecule has 0 N–H and O–H groups in total. The van der Waals surface area contributed by atoms with Gasteiger partial charge in [-0.15, -0.1) is 10.2 Å². The Morgan fingerprint density at radius 2 is 1.72 bits per heavy atom. The molecule has 0 bridgehead atoms. The average Bonchev–Trinajstić information content (AvgIpc) is 3.30. The van der Waals surface area contributed by atoms with Crippen LogP contribution in [0.1, 0.15) is 0 Å². The van der Waals surface area contributed by atoms with Crippen LogP contribution in [0, 0.1) is 0 Å². The van der Waals surface area contributed by atoms with E-state index in [1.165, 1.54) is 11.3 Å². The van der Waals surface area contributed by atoms with Gasteiger partial charge in [-0.2, -0.15) is 0 Å². The Hall–Kier alpha value is -3.51. The van der Waals surface area contributed by atoms with Crippen molar-refractivity contribution in [2.45, 2.75) is 0 Å². The minimum Gasteiger partial charge on any atom is -0.497 e. The number of hydrogen-bond donors (Lipinski definition) is 0. The number of hydrogen-bond acceptors (Lipinski definition) is 5. The van der Waals surface area contributed by atoms with Gasteiger partial charge in [-0.05, 0) is 24.3 Å². The minimum absolute atomic E-state index is 0.625. The molecule has 0 aliphatic rings. The number of aryl methyl sites for hydroxylation is 1. The second kappa shape index (κ2) is 7.14. The van der Waals surface area contributed by atoms with Crippen LogP contribution in [-0.4, -0.2) is 16.7 Å². The van der Waals surface area contributed by atoms with E-state index in [1.54, 1.807) is 7.11 Å². The lowest BCUT2D eigenvalue weighted by atomic mass is 10.1. The molecule has 5 rings (SSSR count). The normalized spacial score (nSPS) is 11.7. The highest BCUT2D eigenvalue weighted by Gasteiger charge is 2.16. The van der Waals surface area contributed by atoms with Gasteiger partial charge in [0, 0.05) is 18.0 Å². The van der Waals surface area contributed by atoms with Gasteiger partial charge in [0.1, 0.15) is 11.4 Å². The molecule has 0 atom stereocenters. The summed E-state index contributed by atoms with van der Waals surface area (Å²) in [6, 6.07) is 24.3. The number of thiazole rings is 1. The van der Waals surface area contributed by atoms with Crippen molar-refractivity contribution in [3.05, 3.63) is 72.8 Å². The highest BCUT2D eigenvalue weighted by atomic mass is 32.1. The third-order valence-corrected chi connectivity index (χ3v) is 5.85. The molecule has 0 amide bonds. The van der Waals surface area contributed by atoms with Crippen molar-refractivity contribution in [2.24, 2.45) is 17.3 Å². The van der Waals surface area contributed by atoms with Crippen molar-refractivity contribution in [1.82, 2.24) is 9.55 Å². The standard InChI is InChI=1S/C23H18N4OS/c1-27-19-11-7-6-10-17(19)21(22(27)15-8-4-3-5-9-15)25-26-23-24-18-13-12-16(28-2)14-20(18)29-23/h3-14H,1-2H3. The zero-order valence-electron chi connectivity index (χ0n) is 16.0. The summed E-state index contributed by atoms with van der Waals surface area (Å²) in [6.45, 7) is 0. The minimum atomic E-state index is 0.625. The molecular formula is C23H18N4OS. The molecule has 2 aromatic heterocycles. The number of fused-ring (bicyclic) bond motifs is 2. The molecule has 142 valence electrons. The van der Waals surface area contributed by atoms with E-state index in [1.807, 2.05) is 48.5 Å². The monoisotopic (exact) mass is 398 g/mol. The van der Waals surface area contributed by atoms with Crippen molar-refractivity contribution in [1.29, 1.82) is 0 Å². The number of nitrogens with zero attached hydrogens (tertiary/aromatic N) is 4. The van der Waals surface area contributed by atoms with E-state index in [0.717, 1.165) is 43.8 Å². The number of rotatable bonds is 4. The van der Waals surface area contributed by atoms with Crippen molar-refractivity contribution in [3.63, 3.8) is 0 Å². The summed E-state index contributed by atoms with van der Waals surface area (Å²) in [6.07, 6.45) is 0. The molecule has 5 nitrogen and oxygen atoms in total. The van der Waals surface area contributed by atoms with Gasteiger partial charge in [-0.1, -0.05) is 59.9 Å². The lowest BCUT2D eigenvalue weighted by Crippen LogP contribution is -1.90. The summed E-state index contributed by atoms with van der Waals surface area (Å²) >= 11 is 1.50. The second-order valence-electron chi connectivity index (χ2n) is 6.67. The Morgan fingerprint density at radius 3 is 2.55 bits per heavy atom. The molecule has 0 unspecified atom stereocenters. The Morgan fingerprint density at radius 1 is 0.931 bits per heavy atom. The smallest absolute Gasteiger partial charge is 0.231 e. The molecule has 2 heterocycles. The van der Waals surface area contributed by atoms with Gasteiger partial charge in [0.2, 0.25) is 5.13 Å². The number of methoxy groups -OCH3 is 1. The summed E-state index contributed by atoms with van der Waals surface area (Å²) in [5.41, 5.74) is 5.01. The van der Waals surface area contributed by atoms with Gasteiger partial charge in [-0.25, -0.2) is 4.98 Å². The molecule has 0 aliphatic carbocycles. The van der Waals surface area contributed by atoms with Gasteiger partial charge < -0.3 is 9.30 Å². The van der Waals surface area contributed by atoms with Crippen LogP contribution in [0.4, 0.5) is 10.8 Å².